The van der Waals surface area contributed by atoms with E-state index in [9.17, 15) is 4.79 Å². The van der Waals surface area contributed by atoms with E-state index >= 15 is 0 Å². The fraction of sp³-hybridized carbons (Fsp3) is 0.400. The molecule has 4 heteroatoms. The van der Waals surface area contributed by atoms with E-state index in [1.807, 2.05) is 12.1 Å². The number of hydrogen-bond acceptors (Lipinski definition) is 3. The molecule has 2 aliphatic rings. The number of nitrogens with one attached hydrogen (secondary N) is 1. The Morgan fingerprint density at radius 3 is 2.48 bits per heavy atom. The first-order chi connectivity index (χ1) is 14.2. The Morgan fingerprint density at radius 1 is 1.07 bits per heavy atom. The molecule has 1 saturated heterocycles. The lowest BCUT2D eigenvalue weighted by Gasteiger charge is -2.32. The van der Waals surface area contributed by atoms with Crippen LogP contribution in [0.4, 0.5) is 0 Å². The molecule has 0 amide bonds. The van der Waals surface area contributed by atoms with Crippen LogP contribution in [-0.2, 0) is 6.54 Å². The molecule has 1 aliphatic carbocycles. The lowest BCUT2D eigenvalue weighted by Crippen LogP contribution is -2.37. The van der Waals surface area contributed by atoms with Gasteiger partial charge < -0.3 is 10.4 Å². The van der Waals surface area contributed by atoms with Gasteiger partial charge in [0, 0.05) is 12.6 Å². The molecular weight excluding hydrogens is 360 g/mol. The Kier molecular flexibility index (Phi) is 6.43. The largest absolute Gasteiger partial charge is 0.478 e. The monoisotopic (exact) mass is 390 g/mol. The van der Waals surface area contributed by atoms with Crippen molar-refractivity contribution in [3.05, 3.63) is 77.4 Å². The molecule has 2 unspecified atom stereocenters. The lowest BCUT2D eigenvalue weighted by molar-refractivity contribution is 0.0697. The maximum atomic E-state index is 11.0. The zero-order valence-electron chi connectivity index (χ0n) is 16.8. The molecule has 2 fully saturated rings. The molecule has 152 valence electrons. The van der Waals surface area contributed by atoms with Crippen LogP contribution >= 0.6 is 0 Å². The van der Waals surface area contributed by atoms with Crippen molar-refractivity contribution in [2.75, 3.05) is 19.6 Å². The normalized spacial score (nSPS) is 22.8. The lowest BCUT2D eigenvalue weighted by atomic mass is 9.96. The van der Waals surface area contributed by atoms with Gasteiger partial charge in [0.1, 0.15) is 0 Å². The number of piperidine rings is 1. The number of aromatic carboxylic acids is 1. The fourth-order valence-electron chi connectivity index (χ4n) is 4.14. The molecule has 0 spiro atoms. The maximum absolute atomic E-state index is 11.0. The number of carboxylic acids is 1. The third-order valence-electron chi connectivity index (χ3n) is 6.16. The number of likely N-dealkylation sites (tertiary alicyclic amines) is 1. The molecule has 1 heterocycles. The molecule has 2 N–H and O–H groups in total. The number of carbonyl (C=O) groups is 1. The second-order valence-electron chi connectivity index (χ2n) is 8.41. The van der Waals surface area contributed by atoms with Gasteiger partial charge in [-0.1, -0.05) is 54.6 Å². The van der Waals surface area contributed by atoms with Gasteiger partial charge in [-0.3, -0.25) is 4.90 Å². The Labute approximate surface area is 173 Å². The summed E-state index contributed by atoms with van der Waals surface area (Å²) >= 11 is 0. The molecule has 2 aromatic rings. The summed E-state index contributed by atoms with van der Waals surface area (Å²) in [6.45, 7) is 4.28. The van der Waals surface area contributed by atoms with Crippen molar-refractivity contribution in [3.8, 4) is 0 Å². The summed E-state index contributed by atoms with van der Waals surface area (Å²) in [4.78, 5) is 13.4. The second kappa shape index (κ2) is 9.38. The number of nitrogens with zero attached hydrogens (tertiary/aromatic N) is 1. The first-order valence-electron chi connectivity index (χ1n) is 10.7. The molecular formula is C25H30N2O2. The number of rotatable bonds is 8. The molecule has 4 rings (SSSR count). The van der Waals surface area contributed by atoms with Gasteiger partial charge in [0.25, 0.3) is 0 Å². The zero-order valence-corrected chi connectivity index (χ0v) is 16.8. The molecule has 4 nitrogen and oxygen atoms in total. The second-order valence-corrected chi connectivity index (χ2v) is 8.41. The molecule has 0 aromatic heterocycles. The van der Waals surface area contributed by atoms with Gasteiger partial charge >= 0.3 is 5.97 Å². The Bertz CT molecular complexity index is 824. The van der Waals surface area contributed by atoms with E-state index in [2.05, 4.69) is 52.7 Å². The van der Waals surface area contributed by atoms with Gasteiger partial charge in [0.2, 0.25) is 0 Å². The van der Waals surface area contributed by atoms with Gasteiger partial charge in [-0.2, -0.15) is 0 Å². The molecule has 0 radical (unpaired) electrons. The average molecular weight is 391 g/mol. The number of benzene rings is 2. The van der Waals surface area contributed by atoms with Gasteiger partial charge in [-0.25, -0.2) is 4.79 Å². The van der Waals surface area contributed by atoms with Crippen LogP contribution in [0.2, 0.25) is 0 Å². The van der Waals surface area contributed by atoms with Gasteiger partial charge in [0.05, 0.1) is 5.56 Å². The summed E-state index contributed by atoms with van der Waals surface area (Å²) in [7, 11) is 0. The first-order valence-corrected chi connectivity index (χ1v) is 10.7. The van der Waals surface area contributed by atoms with Crippen LogP contribution in [0.25, 0.3) is 6.08 Å². The van der Waals surface area contributed by atoms with Crippen molar-refractivity contribution in [2.45, 2.75) is 31.8 Å². The minimum atomic E-state index is -0.863. The molecule has 2 aromatic carbocycles. The van der Waals surface area contributed by atoms with E-state index in [4.69, 9.17) is 5.11 Å². The molecule has 0 bridgehead atoms. The van der Waals surface area contributed by atoms with E-state index in [0.717, 1.165) is 32.1 Å². The third kappa shape index (κ3) is 5.78. The van der Waals surface area contributed by atoms with E-state index in [0.29, 0.717) is 17.5 Å². The van der Waals surface area contributed by atoms with E-state index < -0.39 is 5.97 Å². The quantitative estimate of drug-likeness (QED) is 0.706. The standard InChI is InChI=1S/C25H30N2O2/c28-25(29)22-9-7-21(8-10-22)18-27-14-12-20(13-15-27)17-26-24-16-23(24)11-6-19-4-2-1-3-5-19/h1-11,20,23-24,26H,12-18H2,(H,28,29). The van der Waals surface area contributed by atoms with Gasteiger partial charge in [-0.15, -0.1) is 0 Å². The van der Waals surface area contributed by atoms with Crippen molar-refractivity contribution >= 4 is 12.0 Å². The molecule has 29 heavy (non-hydrogen) atoms. The SMILES string of the molecule is O=C(O)c1ccc(CN2CCC(CNC3CC3C=Cc3ccccc3)CC2)cc1. The van der Waals surface area contributed by atoms with Gasteiger partial charge in [-0.05, 0) is 74.0 Å². The summed E-state index contributed by atoms with van der Waals surface area (Å²) < 4.78 is 0. The fourth-order valence-corrected chi connectivity index (χ4v) is 4.14. The minimum absolute atomic E-state index is 0.357. The summed E-state index contributed by atoms with van der Waals surface area (Å²) in [5.41, 5.74) is 2.83. The Morgan fingerprint density at radius 2 is 1.79 bits per heavy atom. The van der Waals surface area contributed by atoms with Crippen LogP contribution in [0.15, 0.2) is 60.7 Å². The predicted octanol–water partition coefficient (Wildman–Crippen LogP) is 4.29. The highest BCUT2D eigenvalue weighted by atomic mass is 16.4. The van der Waals surface area contributed by atoms with Crippen LogP contribution < -0.4 is 5.32 Å². The van der Waals surface area contributed by atoms with Gasteiger partial charge in [0.15, 0.2) is 0 Å². The predicted molar refractivity (Wildman–Crippen MR) is 117 cm³/mol. The summed E-state index contributed by atoms with van der Waals surface area (Å²) in [5.74, 6) is 0.586. The smallest absolute Gasteiger partial charge is 0.335 e. The molecule has 1 saturated carbocycles. The van der Waals surface area contributed by atoms with Crippen LogP contribution in [0, 0.1) is 11.8 Å². The number of hydrogen-bond donors (Lipinski definition) is 2. The zero-order chi connectivity index (χ0) is 20.1. The van der Waals surface area contributed by atoms with E-state index in [1.165, 1.54) is 30.4 Å². The highest BCUT2D eigenvalue weighted by Gasteiger charge is 2.34. The highest BCUT2D eigenvalue weighted by molar-refractivity contribution is 5.87. The van der Waals surface area contributed by atoms with Crippen LogP contribution in [0.3, 0.4) is 0 Å². The van der Waals surface area contributed by atoms with Crippen LogP contribution in [0.5, 0.6) is 0 Å². The Balaban J connectivity index is 1.14. The highest BCUT2D eigenvalue weighted by Crippen LogP contribution is 2.33. The molecule has 1 aliphatic heterocycles. The third-order valence-corrected chi connectivity index (χ3v) is 6.16. The first kappa shape index (κ1) is 19.9. The van der Waals surface area contributed by atoms with Crippen molar-refractivity contribution in [2.24, 2.45) is 11.8 Å². The van der Waals surface area contributed by atoms with Crippen molar-refractivity contribution in [3.63, 3.8) is 0 Å². The summed E-state index contributed by atoms with van der Waals surface area (Å²) in [5, 5.41) is 12.8. The van der Waals surface area contributed by atoms with Crippen molar-refractivity contribution in [1.82, 2.24) is 10.2 Å². The van der Waals surface area contributed by atoms with E-state index in [-0.39, 0.29) is 0 Å². The van der Waals surface area contributed by atoms with Crippen LogP contribution in [-0.4, -0.2) is 41.7 Å². The van der Waals surface area contributed by atoms with E-state index in [1.54, 1.807) is 12.1 Å². The summed E-state index contributed by atoms with van der Waals surface area (Å²) in [6, 6.07) is 18.4. The summed E-state index contributed by atoms with van der Waals surface area (Å²) in [6.07, 6.45) is 8.32. The maximum Gasteiger partial charge on any atom is 0.335 e. The van der Waals surface area contributed by atoms with Crippen molar-refractivity contribution in [1.29, 1.82) is 0 Å². The topological polar surface area (TPSA) is 52.6 Å². The average Bonchev–Trinajstić information content (AvgIpc) is 3.51. The minimum Gasteiger partial charge on any atom is -0.478 e. The number of carboxylic acid groups (broad SMARTS) is 1. The Hall–Kier alpha value is -2.43. The van der Waals surface area contributed by atoms with Crippen molar-refractivity contribution < 1.29 is 9.90 Å². The van der Waals surface area contributed by atoms with Crippen LogP contribution in [0.1, 0.15) is 40.7 Å². The molecule has 2 atom stereocenters.